The first-order valence-corrected chi connectivity index (χ1v) is 9.48. The third-order valence-electron chi connectivity index (χ3n) is 5.07. The molecule has 1 fully saturated rings. The van der Waals surface area contributed by atoms with Crippen molar-refractivity contribution in [1.82, 2.24) is 14.8 Å². The third kappa shape index (κ3) is 4.09. The van der Waals surface area contributed by atoms with Gasteiger partial charge in [-0.25, -0.2) is 0 Å². The molecule has 140 valence electrons. The van der Waals surface area contributed by atoms with Gasteiger partial charge in [0.05, 0.1) is 0 Å². The normalized spacial score (nSPS) is 15.5. The van der Waals surface area contributed by atoms with Gasteiger partial charge in [0.2, 0.25) is 11.8 Å². The van der Waals surface area contributed by atoms with Crippen molar-refractivity contribution in [2.24, 2.45) is 5.41 Å². The Hall–Kier alpha value is -2.30. The van der Waals surface area contributed by atoms with Crippen molar-refractivity contribution in [3.05, 3.63) is 36.0 Å². The molecule has 26 heavy (non-hydrogen) atoms. The third-order valence-corrected chi connectivity index (χ3v) is 5.07. The maximum Gasteiger partial charge on any atom is 0.228 e. The summed E-state index contributed by atoms with van der Waals surface area (Å²) >= 11 is 0. The summed E-state index contributed by atoms with van der Waals surface area (Å²) in [5, 5.41) is 1.24. The molecule has 0 bridgehead atoms. The Morgan fingerprint density at radius 3 is 2.38 bits per heavy atom. The Bertz CT molecular complexity index is 780. The Balaban J connectivity index is 1.45. The number of hydrogen-bond acceptors (Lipinski definition) is 2. The fourth-order valence-corrected chi connectivity index (χ4v) is 3.56. The lowest BCUT2D eigenvalue weighted by molar-refractivity contribution is -0.144. The molecule has 2 heterocycles. The molecule has 5 heteroatoms. The van der Waals surface area contributed by atoms with E-state index in [1.54, 1.807) is 0 Å². The van der Waals surface area contributed by atoms with Crippen molar-refractivity contribution in [2.45, 2.75) is 40.0 Å². The molecule has 1 aromatic heterocycles. The predicted octanol–water partition coefficient (Wildman–Crippen LogP) is 3.21. The zero-order chi connectivity index (χ0) is 18.7. The number of H-pyrrole nitrogens is 1. The molecular weight excluding hydrogens is 326 g/mol. The number of rotatable bonds is 4. The number of amides is 2. The van der Waals surface area contributed by atoms with Crippen LogP contribution in [0.2, 0.25) is 0 Å². The number of piperazine rings is 1. The highest BCUT2D eigenvalue weighted by Gasteiger charge is 2.30. The SMILES string of the molecule is CC(C)(C)C(=O)N1CCN(C(=O)CCCc2c[nH]c3ccccc23)CC1. The summed E-state index contributed by atoms with van der Waals surface area (Å²) in [4.78, 5) is 31.9. The Labute approximate surface area is 155 Å². The number of nitrogens with zero attached hydrogens (tertiary/aromatic N) is 2. The molecule has 2 amide bonds. The molecule has 1 aliphatic heterocycles. The van der Waals surface area contributed by atoms with E-state index in [9.17, 15) is 9.59 Å². The predicted molar refractivity (Wildman–Crippen MR) is 104 cm³/mol. The maximum atomic E-state index is 12.5. The Morgan fingerprint density at radius 2 is 1.69 bits per heavy atom. The van der Waals surface area contributed by atoms with Gasteiger partial charge in [-0.1, -0.05) is 39.0 Å². The Morgan fingerprint density at radius 1 is 1.04 bits per heavy atom. The minimum absolute atomic E-state index is 0.170. The van der Waals surface area contributed by atoms with Gasteiger partial charge in [0, 0.05) is 55.1 Å². The Kier molecular flexibility index (Phi) is 5.35. The van der Waals surface area contributed by atoms with Gasteiger partial charge in [0.25, 0.3) is 0 Å². The highest BCUT2D eigenvalue weighted by molar-refractivity contribution is 5.83. The quantitative estimate of drug-likeness (QED) is 0.916. The first kappa shape index (κ1) is 18.5. The van der Waals surface area contributed by atoms with Crippen LogP contribution in [-0.2, 0) is 16.0 Å². The highest BCUT2D eigenvalue weighted by Crippen LogP contribution is 2.21. The van der Waals surface area contributed by atoms with E-state index in [0.29, 0.717) is 32.6 Å². The summed E-state index contributed by atoms with van der Waals surface area (Å²) < 4.78 is 0. The summed E-state index contributed by atoms with van der Waals surface area (Å²) in [6, 6.07) is 8.26. The second kappa shape index (κ2) is 7.52. The van der Waals surface area contributed by atoms with E-state index in [4.69, 9.17) is 0 Å². The van der Waals surface area contributed by atoms with Gasteiger partial charge in [-0.3, -0.25) is 9.59 Å². The number of para-hydroxylation sites is 1. The number of benzene rings is 1. The van der Waals surface area contributed by atoms with Crippen LogP contribution in [0.1, 0.15) is 39.2 Å². The van der Waals surface area contributed by atoms with Crippen LogP contribution in [0.25, 0.3) is 10.9 Å². The molecule has 1 aliphatic rings. The van der Waals surface area contributed by atoms with Crippen LogP contribution in [0.4, 0.5) is 0 Å². The van der Waals surface area contributed by atoms with E-state index < -0.39 is 0 Å². The molecular formula is C21H29N3O2. The lowest BCUT2D eigenvalue weighted by Gasteiger charge is -2.37. The minimum atomic E-state index is -0.356. The van der Waals surface area contributed by atoms with Gasteiger partial charge in [-0.2, -0.15) is 0 Å². The van der Waals surface area contributed by atoms with Crippen molar-refractivity contribution in [2.75, 3.05) is 26.2 Å². The number of fused-ring (bicyclic) bond motifs is 1. The zero-order valence-electron chi connectivity index (χ0n) is 16.0. The molecule has 0 saturated carbocycles. The number of aromatic nitrogens is 1. The van der Waals surface area contributed by atoms with Gasteiger partial charge in [-0.05, 0) is 24.5 Å². The highest BCUT2D eigenvalue weighted by atomic mass is 16.2. The lowest BCUT2D eigenvalue weighted by atomic mass is 9.94. The number of carbonyl (C=O) groups excluding carboxylic acids is 2. The molecule has 0 radical (unpaired) electrons. The van der Waals surface area contributed by atoms with Crippen LogP contribution in [-0.4, -0.2) is 52.8 Å². The summed E-state index contributed by atoms with van der Waals surface area (Å²) in [5.74, 6) is 0.372. The second-order valence-electron chi connectivity index (χ2n) is 8.14. The van der Waals surface area contributed by atoms with E-state index in [1.807, 2.05) is 48.9 Å². The molecule has 3 rings (SSSR count). The zero-order valence-corrected chi connectivity index (χ0v) is 16.0. The molecule has 0 atom stereocenters. The molecule has 1 N–H and O–H groups in total. The second-order valence-corrected chi connectivity index (χ2v) is 8.14. The van der Waals surface area contributed by atoms with Gasteiger partial charge >= 0.3 is 0 Å². The summed E-state index contributed by atoms with van der Waals surface area (Å²) in [7, 11) is 0. The van der Waals surface area contributed by atoms with E-state index in [-0.39, 0.29) is 17.2 Å². The van der Waals surface area contributed by atoms with Gasteiger partial charge in [-0.15, -0.1) is 0 Å². The van der Waals surface area contributed by atoms with Crippen LogP contribution >= 0.6 is 0 Å². The van der Waals surface area contributed by atoms with Crippen LogP contribution in [0.15, 0.2) is 30.5 Å². The van der Waals surface area contributed by atoms with Crippen molar-refractivity contribution < 1.29 is 9.59 Å². The number of aryl methyl sites for hydroxylation is 1. The van der Waals surface area contributed by atoms with Crippen molar-refractivity contribution in [3.8, 4) is 0 Å². The van der Waals surface area contributed by atoms with Crippen LogP contribution < -0.4 is 0 Å². The van der Waals surface area contributed by atoms with Crippen molar-refractivity contribution in [3.63, 3.8) is 0 Å². The summed E-state index contributed by atoms with van der Waals surface area (Å²) in [5.41, 5.74) is 2.06. The molecule has 2 aromatic rings. The van der Waals surface area contributed by atoms with Gasteiger partial charge in [0.1, 0.15) is 0 Å². The van der Waals surface area contributed by atoms with E-state index in [2.05, 4.69) is 17.1 Å². The summed E-state index contributed by atoms with van der Waals surface area (Å²) in [6.45, 7) is 8.41. The smallest absolute Gasteiger partial charge is 0.228 e. The molecule has 1 aromatic carbocycles. The first-order valence-electron chi connectivity index (χ1n) is 9.48. The number of aromatic amines is 1. The molecule has 5 nitrogen and oxygen atoms in total. The van der Waals surface area contributed by atoms with Crippen LogP contribution in [0.5, 0.6) is 0 Å². The minimum Gasteiger partial charge on any atom is -0.361 e. The fourth-order valence-electron chi connectivity index (χ4n) is 3.56. The van der Waals surface area contributed by atoms with Crippen molar-refractivity contribution >= 4 is 22.7 Å². The average Bonchev–Trinajstić information content (AvgIpc) is 3.04. The lowest BCUT2D eigenvalue weighted by Crippen LogP contribution is -2.53. The number of carbonyl (C=O) groups is 2. The van der Waals surface area contributed by atoms with E-state index >= 15 is 0 Å². The summed E-state index contributed by atoms with van der Waals surface area (Å²) in [6.07, 6.45) is 4.36. The standard InChI is InChI=1S/C21H29N3O2/c1-21(2,3)20(26)24-13-11-23(12-14-24)19(25)10-6-7-16-15-22-18-9-5-4-8-17(16)18/h4-5,8-9,15,22H,6-7,10-14H2,1-3H3. The number of hydrogen-bond donors (Lipinski definition) is 1. The molecule has 0 unspecified atom stereocenters. The van der Waals surface area contributed by atoms with E-state index in [1.165, 1.54) is 10.9 Å². The van der Waals surface area contributed by atoms with Gasteiger partial charge < -0.3 is 14.8 Å². The fraction of sp³-hybridized carbons (Fsp3) is 0.524. The molecule has 0 spiro atoms. The number of nitrogens with one attached hydrogen (secondary N) is 1. The van der Waals surface area contributed by atoms with Crippen molar-refractivity contribution in [1.29, 1.82) is 0 Å². The maximum absolute atomic E-state index is 12.5. The molecule has 0 aliphatic carbocycles. The largest absolute Gasteiger partial charge is 0.361 e. The topological polar surface area (TPSA) is 56.4 Å². The van der Waals surface area contributed by atoms with E-state index in [0.717, 1.165) is 18.4 Å². The van der Waals surface area contributed by atoms with Crippen LogP contribution in [0, 0.1) is 5.41 Å². The van der Waals surface area contributed by atoms with Gasteiger partial charge in [0.15, 0.2) is 0 Å². The molecule has 1 saturated heterocycles. The first-order chi connectivity index (χ1) is 12.4. The monoisotopic (exact) mass is 355 g/mol. The van der Waals surface area contributed by atoms with Crippen LogP contribution in [0.3, 0.4) is 0 Å². The average molecular weight is 355 g/mol.